The van der Waals surface area contributed by atoms with Crippen LogP contribution in [-0.4, -0.2) is 23.6 Å². The number of anilines is 2. The molecule has 26 heavy (non-hydrogen) atoms. The van der Waals surface area contributed by atoms with Crippen LogP contribution in [-0.2, 0) is 23.0 Å². The Morgan fingerprint density at radius 3 is 2.27 bits per heavy atom. The monoisotopic (exact) mass is 369 g/mol. The average molecular weight is 369 g/mol. The van der Waals surface area contributed by atoms with Crippen molar-refractivity contribution in [1.29, 1.82) is 0 Å². The van der Waals surface area contributed by atoms with Crippen molar-refractivity contribution in [2.45, 2.75) is 24.8 Å². The summed E-state index contributed by atoms with van der Waals surface area (Å²) in [5, 5.41) is 11.0. The lowest BCUT2D eigenvalue weighted by Crippen LogP contribution is -2.14. The molecule has 2 aromatic heterocycles. The Labute approximate surface area is 152 Å². The third kappa shape index (κ3) is 4.54. The van der Waals surface area contributed by atoms with Gasteiger partial charge in [0.15, 0.2) is 5.82 Å². The molecule has 0 radical (unpaired) electrons. The fourth-order valence-corrected chi connectivity index (χ4v) is 3.26. The Bertz CT molecular complexity index is 943. The minimum absolute atomic E-state index is 0.160. The van der Waals surface area contributed by atoms with Crippen molar-refractivity contribution in [1.82, 2.24) is 15.2 Å². The van der Waals surface area contributed by atoms with Crippen LogP contribution in [0.5, 0.6) is 0 Å². The van der Waals surface area contributed by atoms with Crippen LogP contribution in [0.3, 0.4) is 0 Å². The number of nitrogens with one attached hydrogen (secondary N) is 2. The van der Waals surface area contributed by atoms with E-state index in [4.69, 9.17) is 0 Å². The second-order valence-electron chi connectivity index (χ2n) is 5.58. The Morgan fingerprint density at radius 2 is 1.65 bits per heavy atom. The summed E-state index contributed by atoms with van der Waals surface area (Å²) < 4.78 is 27.2. The van der Waals surface area contributed by atoms with Gasteiger partial charge < -0.3 is 5.32 Å². The van der Waals surface area contributed by atoms with Crippen molar-refractivity contribution < 1.29 is 8.42 Å². The Balaban J connectivity index is 1.64. The lowest BCUT2D eigenvalue weighted by atomic mass is 10.2. The molecule has 0 saturated heterocycles. The third-order valence-electron chi connectivity index (χ3n) is 3.72. The lowest BCUT2D eigenvalue weighted by Gasteiger charge is -2.08. The quantitative estimate of drug-likeness (QED) is 0.665. The molecule has 0 aliphatic carbocycles. The number of hydrogen-bond acceptors (Lipinski definition) is 6. The molecule has 0 unspecified atom stereocenters. The Morgan fingerprint density at radius 1 is 0.923 bits per heavy atom. The van der Waals surface area contributed by atoms with Gasteiger partial charge in [-0.2, -0.15) is 0 Å². The van der Waals surface area contributed by atoms with Gasteiger partial charge in [-0.25, -0.2) is 8.42 Å². The van der Waals surface area contributed by atoms with Crippen LogP contribution in [0.25, 0.3) is 0 Å². The molecule has 0 fully saturated rings. The van der Waals surface area contributed by atoms with E-state index < -0.39 is 10.0 Å². The molecule has 3 aromatic rings. The number of benzene rings is 1. The highest BCUT2D eigenvalue weighted by Gasteiger charge is 2.15. The Hall–Kier alpha value is -3.00. The van der Waals surface area contributed by atoms with Crippen LogP contribution in [0.1, 0.15) is 18.2 Å². The molecule has 134 valence electrons. The molecule has 2 heterocycles. The van der Waals surface area contributed by atoms with Crippen LogP contribution in [0.2, 0.25) is 0 Å². The van der Waals surface area contributed by atoms with Crippen molar-refractivity contribution in [2.75, 3.05) is 10.0 Å². The highest BCUT2D eigenvalue weighted by molar-refractivity contribution is 7.92. The first kappa shape index (κ1) is 17.8. The maximum Gasteiger partial charge on any atom is 0.263 e. The van der Waals surface area contributed by atoms with Gasteiger partial charge in [0.2, 0.25) is 0 Å². The molecular formula is C18H19N5O2S. The van der Waals surface area contributed by atoms with Gasteiger partial charge in [0, 0.05) is 6.20 Å². The largest absolute Gasteiger partial charge is 0.363 e. The van der Waals surface area contributed by atoms with Crippen molar-refractivity contribution in [3.8, 4) is 0 Å². The van der Waals surface area contributed by atoms with Gasteiger partial charge in [0.05, 0.1) is 17.1 Å². The molecule has 3 rings (SSSR count). The zero-order valence-corrected chi connectivity index (χ0v) is 15.1. The summed E-state index contributed by atoms with van der Waals surface area (Å²) in [5.41, 5.74) is 1.95. The van der Waals surface area contributed by atoms with Gasteiger partial charge in [-0.05, 0) is 48.4 Å². The normalized spacial score (nSPS) is 11.1. The van der Waals surface area contributed by atoms with Gasteiger partial charge >= 0.3 is 0 Å². The molecule has 0 spiro atoms. The minimum Gasteiger partial charge on any atom is -0.363 e. The second-order valence-corrected chi connectivity index (χ2v) is 7.26. The van der Waals surface area contributed by atoms with Gasteiger partial charge in [0.1, 0.15) is 5.82 Å². The molecule has 8 heteroatoms. The zero-order chi connectivity index (χ0) is 18.4. The maximum atomic E-state index is 12.4. The summed E-state index contributed by atoms with van der Waals surface area (Å²) in [6.07, 6.45) is 2.57. The summed E-state index contributed by atoms with van der Waals surface area (Å²) in [5.74, 6) is 0.693. The lowest BCUT2D eigenvalue weighted by molar-refractivity contribution is 0.601. The van der Waals surface area contributed by atoms with Crippen molar-refractivity contribution in [3.63, 3.8) is 0 Å². The first-order chi connectivity index (χ1) is 12.6. The van der Waals surface area contributed by atoms with E-state index in [1.165, 1.54) is 0 Å². The first-order valence-corrected chi connectivity index (χ1v) is 9.64. The van der Waals surface area contributed by atoms with E-state index in [-0.39, 0.29) is 10.7 Å². The smallest absolute Gasteiger partial charge is 0.263 e. The number of aromatic nitrogens is 3. The second kappa shape index (κ2) is 7.92. The first-order valence-electron chi connectivity index (χ1n) is 8.16. The predicted octanol–water partition coefficient (Wildman–Crippen LogP) is 2.85. The van der Waals surface area contributed by atoms with Gasteiger partial charge in [-0.1, -0.05) is 25.1 Å². The van der Waals surface area contributed by atoms with Crippen molar-refractivity contribution in [2.24, 2.45) is 0 Å². The van der Waals surface area contributed by atoms with E-state index in [1.807, 2.05) is 25.1 Å². The van der Waals surface area contributed by atoms with E-state index in [1.54, 1.807) is 42.6 Å². The van der Waals surface area contributed by atoms with Crippen molar-refractivity contribution in [3.05, 3.63) is 72.1 Å². The molecule has 0 saturated carbocycles. The SMILES string of the molecule is CCc1ccc(S(=O)(=O)Nc2ccc(NCc3ccccn3)nn2)cc1. The van der Waals surface area contributed by atoms with Crippen LogP contribution in [0, 0.1) is 0 Å². The van der Waals surface area contributed by atoms with Crippen molar-refractivity contribution >= 4 is 21.7 Å². The number of sulfonamides is 1. The molecule has 7 nitrogen and oxygen atoms in total. The van der Waals surface area contributed by atoms with E-state index >= 15 is 0 Å². The third-order valence-corrected chi connectivity index (χ3v) is 5.09. The average Bonchev–Trinajstić information content (AvgIpc) is 2.68. The molecule has 0 atom stereocenters. The molecule has 1 aromatic carbocycles. The molecule has 0 bridgehead atoms. The molecule has 0 aliphatic rings. The van der Waals surface area contributed by atoms with Crippen LogP contribution < -0.4 is 10.0 Å². The number of aryl methyl sites for hydroxylation is 1. The fourth-order valence-electron chi connectivity index (χ4n) is 2.27. The summed E-state index contributed by atoms with van der Waals surface area (Å²) in [6, 6.07) is 15.6. The molecular weight excluding hydrogens is 350 g/mol. The van der Waals surface area contributed by atoms with Gasteiger partial charge in [0.25, 0.3) is 10.0 Å². The van der Waals surface area contributed by atoms with Crippen LogP contribution in [0.15, 0.2) is 65.7 Å². The standard InChI is InChI=1S/C18H19N5O2S/c1-2-14-6-8-16(9-7-14)26(24,25)23-18-11-10-17(21-22-18)20-13-15-5-3-4-12-19-15/h3-12H,2,13H2,1H3,(H,20,21)(H,22,23). The van der Waals surface area contributed by atoms with Gasteiger partial charge in [-0.3, -0.25) is 9.71 Å². The maximum absolute atomic E-state index is 12.4. The highest BCUT2D eigenvalue weighted by Crippen LogP contribution is 2.16. The summed E-state index contributed by atoms with van der Waals surface area (Å²) in [4.78, 5) is 4.39. The highest BCUT2D eigenvalue weighted by atomic mass is 32.2. The fraction of sp³-hybridized carbons (Fsp3) is 0.167. The topological polar surface area (TPSA) is 96.9 Å². The van der Waals surface area contributed by atoms with E-state index in [0.717, 1.165) is 17.7 Å². The summed E-state index contributed by atoms with van der Waals surface area (Å²) in [7, 11) is -3.69. The molecule has 2 N–H and O–H groups in total. The van der Waals surface area contributed by atoms with E-state index in [2.05, 4.69) is 25.2 Å². The Kier molecular flexibility index (Phi) is 5.43. The summed E-state index contributed by atoms with van der Waals surface area (Å²) in [6.45, 7) is 2.52. The zero-order valence-electron chi connectivity index (χ0n) is 14.3. The summed E-state index contributed by atoms with van der Waals surface area (Å²) >= 11 is 0. The van der Waals surface area contributed by atoms with E-state index in [0.29, 0.717) is 12.4 Å². The molecule has 0 amide bonds. The van der Waals surface area contributed by atoms with Gasteiger partial charge in [-0.15, -0.1) is 10.2 Å². The van der Waals surface area contributed by atoms with E-state index in [9.17, 15) is 8.42 Å². The van der Waals surface area contributed by atoms with Crippen LogP contribution >= 0.6 is 0 Å². The number of rotatable bonds is 7. The predicted molar refractivity (Wildman–Crippen MR) is 100 cm³/mol. The van der Waals surface area contributed by atoms with Crippen LogP contribution in [0.4, 0.5) is 11.6 Å². The minimum atomic E-state index is -3.69. The number of pyridine rings is 1. The number of hydrogen-bond donors (Lipinski definition) is 2. The number of nitrogens with zero attached hydrogens (tertiary/aromatic N) is 3. The molecule has 0 aliphatic heterocycles.